The Bertz CT molecular complexity index is 743. The smallest absolute Gasteiger partial charge is 0.240 e. The molecule has 1 aliphatic rings. The van der Waals surface area contributed by atoms with E-state index in [1.807, 2.05) is 25.1 Å². The van der Waals surface area contributed by atoms with Crippen molar-refractivity contribution in [2.75, 3.05) is 12.3 Å². The van der Waals surface area contributed by atoms with Gasteiger partial charge in [0.25, 0.3) is 0 Å². The van der Waals surface area contributed by atoms with Gasteiger partial charge >= 0.3 is 0 Å². The second-order valence-corrected chi connectivity index (χ2v) is 6.82. The number of aromatic nitrogens is 2. The number of primary amides is 1. The van der Waals surface area contributed by atoms with E-state index in [0.29, 0.717) is 18.1 Å². The van der Waals surface area contributed by atoms with Crippen molar-refractivity contribution >= 4 is 34.6 Å². The van der Waals surface area contributed by atoms with E-state index in [1.165, 1.54) is 11.8 Å². The number of thioether (sulfide) groups is 1. The first-order valence-electron chi connectivity index (χ1n) is 7.72. The molecule has 0 radical (unpaired) electrons. The minimum Gasteiger partial charge on any atom is -0.368 e. The number of H-pyrrole nitrogens is 1. The topological polar surface area (TPSA) is 92.1 Å². The van der Waals surface area contributed by atoms with Crippen LogP contribution >= 0.6 is 11.8 Å². The Balaban J connectivity index is 1.66. The number of aryl methyl sites for hydroxylation is 1. The molecule has 0 bridgehead atoms. The van der Waals surface area contributed by atoms with Crippen LogP contribution in [0.3, 0.4) is 0 Å². The van der Waals surface area contributed by atoms with E-state index in [4.69, 9.17) is 5.73 Å². The van der Waals surface area contributed by atoms with E-state index >= 15 is 0 Å². The summed E-state index contributed by atoms with van der Waals surface area (Å²) in [6.07, 6.45) is 2.52. The highest BCUT2D eigenvalue weighted by Crippen LogP contribution is 2.23. The third-order valence-electron chi connectivity index (χ3n) is 4.10. The number of hydrogen-bond donors (Lipinski definition) is 2. The number of nitrogens with two attached hydrogens (primary N) is 1. The zero-order chi connectivity index (χ0) is 16.4. The number of carbonyl (C=O) groups is 2. The zero-order valence-electron chi connectivity index (χ0n) is 13.0. The third kappa shape index (κ3) is 3.50. The van der Waals surface area contributed by atoms with Crippen LogP contribution in [0.5, 0.6) is 0 Å². The molecule has 2 aromatic rings. The Labute approximate surface area is 138 Å². The van der Waals surface area contributed by atoms with Gasteiger partial charge in [0.15, 0.2) is 5.16 Å². The predicted molar refractivity (Wildman–Crippen MR) is 90.1 cm³/mol. The molecule has 6 nitrogen and oxygen atoms in total. The van der Waals surface area contributed by atoms with Crippen LogP contribution in [0.15, 0.2) is 23.4 Å². The summed E-state index contributed by atoms with van der Waals surface area (Å²) in [6, 6.07) is 5.53. The van der Waals surface area contributed by atoms with Gasteiger partial charge in [0.2, 0.25) is 11.8 Å². The minimum absolute atomic E-state index is 0.0601. The summed E-state index contributed by atoms with van der Waals surface area (Å²) in [5, 5.41) is 0.714. The van der Waals surface area contributed by atoms with Crippen molar-refractivity contribution < 1.29 is 9.59 Å². The quantitative estimate of drug-likeness (QED) is 0.836. The van der Waals surface area contributed by atoms with Gasteiger partial charge in [-0.1, -0.05) is 17.8 Å². The molecule has 2 heterocycles. The van der Waals surface area contributed by atoms with Crippen LogP contribution < -0.4 is 5.73 Å². The van der Waals surface area contributed by atoms with Crippen LogP contribution in [0.2, 0.25) is 0 Å². The Morgan fingerprint density at radius 3 is 3.04 bits per heavy atom. The highest BCUT2D eigenvalue weighted by atomic mass is 32.2. The Kier molecular flexibility index (Phi) is 4.56. The standard InChI is InChI=1S/C16H20N4O2S/c1-10-5-6-11-12(8-10)19-16(18-11)23-9-14(21)20-7-3-2-4-13(20)15(17)22/h5-6,8,13H,2-4,7,9H2,1H3,(H2,17,22)(H,18,19). The number of likely N-dealkylation sites (tertiary alicyclic amines) is 1. The van der Waals surface area contributed by atoms with Gasteiger partial charge in [0, 0.05) is 6.54 Å². The number of nitrogens with zero attached hydrogens (tertiary/aromatic N) is 2. The fourth-order valence-corrected chi connectivity index (χ4v) is 3.68. The first-order chi connectivity index (χ1) is 11.0. The molecule has 3 rings (SSSR count). The molecule has 1 aromatic carbocycles. The van der Waals surface area contributed by atoms with Crippen molar-refractivity contribution in [3.05, 3.63) is 23.8 Å². The number of nitrogens with one attached hydrogen (secondary N) is 1. The number of piperidine rings is 1. The van der Waals surface area contributed by atoms with Gasteiger partial charge in [-0.3, -0.25) is 9.59 Å². The maximum Gasteiger partial charge on any atom is 0.240 e. The van der Waals surface area contributed by atoms with E-state index in [1.54, 1.807) is 4.90 Å². The fourth-order valence-electron chi connectivity index (χ4n) is 2.91. The number of hydrogen-bond acceptors (Lipinski definition) is 4. The summed E-state index contributed by atoms with van der Waals surface area (Å²) in [7, 11) is 0. The van der Waals surface area contributed by atoms with Gasteiger partial charge in [0.05, 0.1) is 16.8 Å². The Morgan fingerprint density at radius 1 is 1.43 bits per heavy atom. The van der Waals surface area contributed by atoms with Crippen LogP contribution in [0.4, 0.5) is 0 Å². The van der Waals surface area contributed by atoms with Crippen molar-refractivity contribution in [2.45, 2.75) is 37.4 Å². The molecule has 1 unspecified atom stereocenters. The first kappa shape index (κ1) is 15.9. The highest BCUT2D eigenvalue weighted by Gasteiger charge is 2.30. The van der Waals surface area contributed by atoms with E-state index in [2.05, 4.69) is 9.97 Å². The SMILES string of the molecule is Cc1ccc2nc(SCC(=O)N3CCCCC3C(N)=O)[nH]c2c1. The van der Waals surface area contributed by atoms with Crippen LogP contribution in [-0.4, -0.2) is 45.0 Å². The lowest BCUT2D eigenvalue weighted by Gasteiger charge is -2.33. The Morgan fingerprint density at radius 2 is 2.26 bits per heavy atom. The first-order valence-corrected chi connectivity index (χ1v) is 8.71. The average Bonchev–Trinajstić information content (AvgIpc) is 2.94. The van der Waals surface area contributed by atoms with Crippen LogP contribution in [0, 0.1) is 6.92 Å². The number of fused-ring (bicyclic) bond motifs is 1. The summed E-state index contributed by atoms with van der Waals surface area (Å²) in [5.41, 5.74) is 8.42. The lowest BCUT2D eigenvalue weighted by atomic mass is 10.0. The van der Waals surface area contributed by atoms with Gasteiger partial charge in [0.1, 0.15) is 6.04 Å². The molecular weight excluding hydrogens is 312 g/mol. The molecule has 1 atom stereocenters. The normalized spacial score (nSPS) is 18.3. The third-order valence-corrected chi connectivity index (χ3v) is 4.96. The molecule has 122 valence electrons. The molecule has 23 heavy (non-hydrogen) atoms. The lowest BCUT2D eigenvalue weighted by molar-refractivity contribution is -0.138. The fraction of sp³-hybridized carbons (Fsp3) is 0.438. The molecule has 3 N–H and O–H groups in total. The molecule has 1 aliphatic heterocycles. The second kappa shape index (κ2) is 6.62. The monoisotopic (exact) mass is 332 g/mol. The summed E-state index contributed by atoms with van der Waals surface area (Å²) in [4.78, 5) is 33.2. The number of amides is 2. The highest BCUT2D eigenvalue weighted by molar-refractivity contribution is 7.99. The summed E-state index contributed by atoms with van der Waals surface area (Å²) < 4.78 is 0. The maximum atomic E-state index is 12.4. The molecule has 1 aromatic heterocycles. The molecular formula is C16H20N4O2S. The van der Waals surface area contributed by atoms with Crippen molar-refractivity contribution in [1.29, 1.82) is 0 Å². The van der Waals surface area contributed by atoms with E-state index in [0.717, 1.165) is 29.4 Å². The predicted octanol–water partition coefficient (Wildman–Crippen LogP) is 1.83. The van der Waals surface area contributed by atoms with Gasteiger partial charge in [-0.2, -0.15) is 0 Å². The van der Waals surface area contributed by atoms with Crippen LogP contribution in [0.1, 0.15) is 24.8 Å². The van der Waals surface area contributed by atoms with Crippen LogP contribution in [-0.2, 0) is 9.59 Å². The van der Waals surface area contributed by atoms with Gasteiger partial charge in [-0.05, 0) is 43.9 Å². The number of aromatic amines is 1. The number of carbonyl (C=O) groups excluding carboxylic acids is 2. The van der Waals surface area contributed by atoms with Gasteiger partial charge < -0.3 is 15.6 Å². The molecule has 2 amide bonds. The molecule has 0 aliphatic carbocycles. The number of benzene rings is 1. The average molecular weight is 332 g/mol. The molecule has 7 heteroatoms. The molecule has 0 spiro atoms. The number of imidazole rings is 1. The zero-order valence-corrected chi connectivity index (χ0v) is 13.9. The lowest BCUT2D eigenvalue weighted by Crippen LogP contribution is -2.51. The second-order valence-electron chi connectivity index (χ2n) is 5.85. The van der Waals surface area contributed by atoms with E-state index in [-0.39, 0.29) is 11.7 Å². The van der Waals surface area contributed by atoms with E-state index < -0.39 is 11.9 Å². The van der Waals surface area contributed by atoms with Crippen molar-refractivity contribution in [3.63, 3.8) is 0 Å². The molecule has 1 fully saturated rings. The summed E-state index contributed by atoms with van der Waals surface area (Å²) in [5.74, 6) is -0.222. The summed E-state index contributed by atoms with van der Waals surface area (Å²) >= 11 is 1.36. The van der Waals surface area contributed by atoms with Gasteiger partial charge in [-0.25, -0.2) is 4.98 Å². The Hall–Kier alpha value is -2.02. The van der Waals surface area contributed by atoms with Gasteiger partial charge in [-0.15, -0.1) is 0 Å². The van der Waals surface area contributed by atoms with Crippen molar-refractivity contribution in [2.24, 2.45) is 5.73 Å². The van der Waals surface area contributed by atoms with E-state index in [9.17, 15) is 9.59 Å². The largest absolute Gasteiger partial charge is 0.368 e. The summed E-state index contributed by atoms with van der Waals surface area (Å²) in [6.45, 7) is 2.63. The maximum absolute atomic E-state index is 12.4. The molecule has 0 saturated carbocycles. The van der Waals surface area contributed by atoms with Crippen molar-refractivity contribution in [3.8, 4) is 0 Å². The minimum atomic E-state index is -0.463. The van der Waals surface area contributed by atoms with Crippen molar-refractivity contribution in [1.82, 2.24) is 14.9 Å². The number of rotatable bonds is 4. The van der Waals surface area contributed by atoms with Crippen LogP contribution in [0.25, 0.3) is 11.0 Å². The molecule has 1 saturated heterocycles.